The van der Waals surface area contributed by atoms with Gasteiger partial charge in [-0.15, -0.1) is 35.3 Å². The zero-order valence-electron chi connectivity index (χ0n) is 17.1. The van der Waals surface area contributed by atoms with Crippen LogP contribution < -0.4 is 5.32 Å². The predicted molar refractivity (Wildman–Crippen MR) is 129 cm³/mol. The molecule has 0 saturated carbocycles. The van der Waals surface area contributed by atoms with E-state index in [0.717, 1.165) is 51.7 Å². The van der Waals surface area contributed by atoms with E-state index in [4.69, 9.17) is 4.74 Å². The summed E-state index contributed by atoms with van der Waals surface area (Å²) >= 11 is 1.77. The first kappa shape index (κ1) is 22.5. The van der Waals surface area contributed by atoms with Crippen LogP contribution in [0.3, 0.4) is 0 Å². The van der Waals surface area contributed by atoms with Gasteiger partial charge < -0.3 is 15.0 Å². The Bertz CT molecular complexity index is 799. The molecule has 29 heavy (non-hydrogen) atoms. The van der Waals surface area contributed by atoms with E-state index in [0.29, 0.717) is 6.04 Å². The summed E-state index contributed by atoms with van der Waals surface area (Å²) in [5.74, 6) is 0.964. The highest BCUT2D eigenvalue weighted by atomic mass is 127. The summed E-state index contributed by atoms with van der Waals surface area (Å²) < 4.78 is 6.10. The summed E-state index contributed by atoms with van der Waals surface area (Å²) in [4.78, 5) is 15.1. The van der Waals surface area contributed by atoms with E-state index < -0.39 is 0 Å². The Morgan fingerprint density at radius 3 is 2.86 bits per heavy atom. The summed E-state index contributed by atoms with van der Waals surface area (Å²) in [6.07, 6.45) is 3.12. The third-order valence-electron chi connectivity index (χ3n) is 5.45. The molecule has 2 atom stereocenters. The topological polar surface area (TPSA) is 53.0 Å². The van der Waals surface area contributed by atoms with Crippen LogP contribution in [0.15, 0.2) is 41.5 Å². The molecule has 8 heteroatoms. The van der Waals surface area contributed by atoms with Crippen LogP contribution in [0.2, 0.25) is 0 Å². The van der Waals surface area contributed by atoms with Crippen molar-refractivity contribution < 1.29 is 4.74 Å². The summed E-state index contributed by atoms with van der Waals surface area (Å²) in [5, 5.41) is 4.69. The summed E-state index contributed by atoms with van der Waals surface area (Å²) in [7, 11) is 1.86. The number of aromatic nitrogens is 1. The largest absolute Gasteiger partial charge is 0.373 e. The number of morpholine rings is 1. The zero-order valence-corrected chi connectivity index (χ0v) is 20.2. The zero-order chi connectivity index (χ0) is 19.3. The number of nitrogens with zero attached hydrogens (tertiary/aromatic N) is 4. The molecule has 0 spiro atoms. The van der Waals surface area contributed by atoms with Crippen molar-refractivity contribution in [2.24, 2.45) is 4.99 Å². The number of nitrogens with one attached hydrogen (secondary N) is 1. The van der Waals surface area contributed by atoms with Crippen molar-refractivity contribution in [2.75, 3.05) is 39.8 Å². The first-order chi connectivity index (χ1) is 13.7. The number of halogens is 1. The van der Waals surface area contributed by atoms with E-state index in [1.807, 2.05) is 13.2 Å². The predicted octanol–water partition coefficient (Wildman–Crippen LogP) is 2.77. The number of thiazole rings is 1. The van der Waals surface area contributed by atoms with Crippen molar-refractivity contribution in [1.82, 2.24) is 20.1 Å². The summed E-state index contributed by atoms with van der Waals surface area (Å²) in [6.45, 7) is 7.56. The van der Waals surface area contributed by atoms with Crippen molar-refractivity contribution in [3.63, 3.8) is 0 Å². The van der Waals surface area contributed by atoms with Crippen LogP contribution in [0.5, 0.6) is 0 Å². The second-order valence-corrected chi connectivity index (χ2v) is 8.75. The van der Waals surface area contributed by atoms with Crippen LogP contribution in [0.1, 0.15) is 15.4 Å². The van der Waals surface area contributed by atoms with Crippen LogP contribution in [-0.2, 0) is 17.7 Å². The first-order valence-electron chi connectivity index (χ1n) is 9.99. The molecule has 2 saturated heterocycles. The third-order valence-corrected chi connectivity index (χ3v) is 6.42. The Morgan fingerprint density at radius 1 is 1.31 bits per heavy atom. The lowest BCUT2D eigenvalue weighted by molar-refractivity contribution is -0.0502. The monoisotopic (exact) mass is 527 g/mol. The number of benzene rings is 1. The van der Waals surface area contributed by atoms with Crippen LogP contribution in [0.25, 0.3) is 0 Å². The number of hydrogen-bond acceptors (Lipinski definition) is 5. The van der Waals surface area contributed by atoms with E-state index in [1.165, 1.54) is 15.4 Å². The smallest absolute Gasteiger partial charge is 0.193 e. The number of hydrogen-bond donors (Lipinski definition) is 1. The Morgan fingerprint density at radius 2 is 2.14 bits per heavy atom. The fourth-order valence-electron chi connectivity index (χ4n) is 4.08. The number of aryl methyl sites for hydroxylation is 1. The second-order valence-electron chi connectivity index (χ2n) is 7.43. The standard InChI is InChI=1S/C21H29N5OS.HI/c1-16-12-24-20(28-16)8-9-23-21(22-2)26-14-18-19(15-26)27-11-10-25(18)13-17-6-4-3-5-7-17;/h3-7,12,18-19H,8-11,13-15H2,1-2H3,(H,22,23);1H. The highest BCUT2D eigenvalue weighted by molar-refractivity contribution is 14.0. The Balaban J connectivity index is 0.00000240. The molecule has 1 aromatic carbocycles. The number of aliphatic imine (C=N–C) groups is 1. The molecule has 6 nitrogen and oxygen atoms in total. The SMILES string of the molecule is CN=C(NCCc1ncc(C)s1)N1CC2OCCN(Cc3ccccc3)C2C1.I. The molecule has 1 N–H and O–H groups in total. The molecule has 0 amide bonds. The van der Waals surface area contributed by atoms with Gasteiger partial charge >= 0.3 is 0 Å². The van der Waals surface area contributed by atoms with E-state index in [2.05, 4.69) is 62.3 Å². The lowest BCUT2D eigenvalue weighted by Gasteiger charge is -2.36. The Labute approximate surface area is 194 Å². The van der Waals surface area contributed by atoms with E-state index in [9.17, 15) is 0 Å². The Kier molecular flexibility index (Phi) is 8.28. The highest BCUT2D eigenvalue weighted by Crippen LogP contribution is 2.24. The number of ether oxygens (including phenoxy) is 1. The number of likely N-dealkylation sites (tertiary alicyclic amines) is 1. The van der Waals surface area contributed by atoms with Crippen molar-refractivity contribution in [1.29, 1.82) is 0 Å². The summed E-state index contributed by atoms with van der Waals surface area (Å²) in [5.41, 5.74) is 1.36. The molecule has 0 radical (unpaired) electrons. The van der Waals surface area contributed by atoms with Gasteiger partial charge in [-0.25, -0.2) is 4.98 Å². The molecule has 4 rings (SSSR count). The molecule has 2 aromatic rings. The fourth-order valence-corrected chi connectivity index (χ4v) is 4.86. The lowest BCUT2D eigenvalue weighted by atomic mass is 10.1. The molecule has 2 aliphatic heterocycles. The van der Waals surface area contributed by atoms with Gasteiger partial charge in [0.2, 0.25) is 0 Å². The van der Waals surface area contributed by atoms with Gasteiger partial charge in [-0.3, -0.25) is 9.89 Å². The quantitative estimate of drug-likeness (QED) is 0.369. The minimum absolute atomic E-state index is 0. The average molecular weight is 527 g/mol. The molecule has 0 bridgehead atoms. The van der Waals surface area contributed by atoms with Crippen LogP contribution in [0.4, 0.5) is 0 Å². The number of rotatable bonds is 5. The molecule has 2 unspecified atom stereocenters. The minimum Gasteiger partial charge on any atom is -0.373 e. The highest BCUT2D eigenvalue weighted by Gasteiger charge is 2.41. The van der Waals surface area contributed by atoms with Crippen molar-refractivity contribution in [3.05, 3.63) is 52.0 Å². The maximum atomic E-state index is 6.10. The van der Waals surface area contributed by atoms with Gasteiger partial charge in [0.1, 0.15) is 0 Å². The molecule has 158 valence electrons. The van der Waals surface area contributed by atoms with Crippen LogP contribution in [0, 0.1) is 6.92 Å². The molecule has 2 fully saturated rings. The molecule has 3 heterocycles. The second kappa shape index (κ2) is 10.7. The van der Waals surface area contributed by atoms with Gasteiger partial charge in [0.25, 0.3) is 0 Å². The fraction of sp³-hybridized carbons (Fsp3) is 0.524. The molecule has 1 aromatic heterocycles. The van der Waals surface area contributed by atoms with Crippen molar-refractivity contribution in [3.8, 4) is 0 Å². The number of fused-ring (bicyclic) bond motifs is 1. The van der Waals surface area contributed by atoms with E-state index in [1.54, 1.807) is 11.3 Å². The van der Waals surface area contributed by atoms with Crippen LogP contribution >= 0.6 is 35.3 Å². The Hall–Kier alpha value is -1.23. The van der Waals surface area contributed by atoms with E-state index in [-0.39, 0.29) is 30.1 Å². The molecule has 0 aliphatic carbocycles. The molecular formula is C21H30IN5OS. The first-order valence-corrected chi connectivity index (χ1v) is 10.8. The number of guanidine groups is 1. The minimum atomic E-state index is 0. The van der Waals surface area contributed by atoms with Crippen LogP contribution in [-0.4, -0.2) is 72.7 Å². The molecular weight excluding hydrogens is 497 g/mol. The van der Waals surface area contributed by atoms with Gasteiger partial charge in [-0.05, 0) is 12.5 Å². The third kappa shape index (κ3) is 5.68. The normalized spacial score (nSPS) is 22.3. The van der Waals surface area contributed by atoms with Gasteiger partial charge in [-0.1, -0.05) is 30.3 Å². The average Bonchev–Trinajstić information content (AvgIpc) is 3.33. The van der Waals surface area contributed by atoms with Crippen molar-refractivity contribution >= 4 is 41.3 Å². The summed E-state index contributed by atoms with van der Waals surface area (Å²) in [6, 6.07) is 11.1. The molecule has 2 aliphatic rings. The maximum absolute atomic E-state index is 6.10. The van der Waals surface area contributed by atoms with Gasteiger partial charge in [0.05, 0.1) is 23.8 Å². The van der Waals surface area contributed by atoms with Gasteiger partial charge in [0.15, 0.2) is 5.96 Å². The van der Waals surface area contributed by atoms with E-state index >= 15 is 0 Å². The van der Waals surface area contributed by atoms with Gasteiger partial charge in [0, 0.05) is 57.3 Å². The van der Waals surface area contributed by atoms with Gasteiger partial charge in [-0.2, -0.15) is 0 Å². The maximum Gasteiger partial charge on any atom is 0.193 e. The lowest BCUT2D eigenvalue weighted by Crippen LogP contribution is -2.50. The van der Waals surface area contributed by atoms with Crippen molar-refractivity contribution in [2.45, 2.75) is 32.0 Å².